The lowest BCUT2D eigenvalue weighted by atomic mass is 9.97. The summed E-state index contributed by atoms with van der Waals surface area (Å²) in [6.07, 6.45) is 2.57. The standard InChI is InChI=1S/C17H32N4O7S/c1-4-9(2)13(21-14(24)10(18)7-22)16(26)19-11(5-6-29-3)15(25)20-12(8-23)17(27)28/h9-13,22-23H,4-8,18H2,1-3H3,(H,19,26)(H,20,25)(H,21,24)(H,27,28). The number of nitrogens with one attached hydrogen (secondary N) is 3. The van der Waals surface area contributed by atoms with Gasteiger partial charge >= 0.3 is 5.97 Å². The predicted molar refractivity (Wildman–Crippen MR) is 108 cm³/mol. The first-order chi connectivity index (χ1) is 13.6. The van der Waals surface area contributed by atoms with Gasteiger partial charge in [-0.3, -0.25) is 14.4 Å². The Balaban J connectivity index is 5.37. The van der Waals surface area contributed by atoms with E-state index in [1.54, 1.807) is 6.92 Å². The molecule has 0 aromatic heterocycles. The lowest BCUT2D eigenvalue weighted by Crippen LogP contribution is -2.59. The number of carboxylic acid groups (broad SMARTS) is 1. The van der Waals surface area contributed by atoms with Crippen molar-refractivity contribution in [2.24, 2.45) is 11.7 Å². The number of carboxylic acids is 1. The highest BCUT2D eigenvalue weighted by Gasteiger charge is 2.32. The molecule has 0 saturated carbocycles. The summed E-state index contributed by atoms with van der Waals surface area (Å²) in [5.74, 6) is -3.28. The van der Waals surface area contributed by atoms with E-state index < -0.39 is 61.1 Å². The Morgan fingerprint density at radius 3 is 2.00 bits per heavy atom. The maximum Gasteiger partial charge on any atom is 0.328 e. The summed E-state index contributed by atoms with van der Waals surface area (Å²) in [6, 6.07) is -4.74. The van der Waals surface area contributed by atoms with Gasteiger partial charge in [0.1, 0.15) is 24.2 Å². The second kappa shape index (κ2) is 14.1. The molecule has 0 aromatic rings. The lowest BCUT2D eigenvalue weighted by Gasteiger charge is -2.27. The number of thioether (sulfide) groups is 1. The van der Waals surface area contributed by atoms with Gasteiger partial charge in [-0.15, -0.1) is 0 Å². The van der Waals surface area contributed by atoms with Crippen LogP contribution >= 0.6 is 11.8 Å². The number of aliphatic carboxylic acids is 1. The largest absolute Gasteiger partial charge is 0.480 e. The number of rotatable bonds is 14. The molecule has 8 N–H and O–H groups in total. The second-order valence-corrected chi connectivity index (χ2v) is 7.57. The zero-order valence-corrected chi connectivity index (χ0v) is 17.7. The molecule has 0 rings (SSSR count). The van der Waals surface area contributed by atoms with Crippen molar-refractivity contribution < 1.29 is 34.5 Å². The van der Waals surface area contributed by atoms with Crippen molar-refractivity contribution in [1.29, 1.82) is 0 Å². The van der Waals surface area contributed by atoms with Crippen molar-refractivity contribution in [3.05, 3.63) is 0 Å². The highest BCUT2D eigenvalue weighted by Crippen LogP contribution is 2.10. The van der Waals surface area contributed by atoms with Crippen LogP contribution in [0.3, 0.4) is 0 Å². The third-order valence-corrected chi connectivity index (χ3v) is 5.01. The maximum atomic E-state index is 12.8. The van der Waals surface area contributed by atoms with Gasteiger partial charge in [-0.05, 0) is 24.3 Å². The third-order valence-electron chi connectivity index (χ3n) is 4.37. The number of aliphatic hydroxyl groups excluding tert-OH is 2. The number of nitrogens with two attached hydrogens (primary N) is 1. The van der Waals surface area contributed by atoms with Crippen molar-refractivity contribution in [2.75, 3.05) is 25.2 Å². The molecule has 0 fully saturated rings. The van der Waals surface area contributed by atoms with Crippen molar-refractivity contribution in [3.8, 4) is 0 Å². The minimum atomic E-state index is -1.50. The molecule has 0 aliphatic heterocycles. The smallest absolute Gasteiger partial charge is 0.328 e. The molecule has 0 spiro atoms. The fourth-order valence-corrected chi connectivity index (χ4v) is 2.74. The average Bonchev–Trinajstić information content (AvgIpc) is 2.70. The molecule has 0 aliphatic carbocycles. The quantitative estimate of drug-likeness (QED) is 0.156. The molecule has 0 heterocycles. The van der Waals surface area contributed by atoms with E-state index in [1.807, 2.05) is 13.2 Å². The van der Waals surface area contributed by atoms with E-state index in [1.165, 1.54) is 11.8 Å². The van der Waals surface area contributed by atoms with Gasteiger partial charge in [-0.25, -0.2) is 4.79 Å². The fraction of sp³-hybridized carbons (Fsp3) is 0.765. The van der Waals surface area contributed by atoms with Gasteiger partial charge in [-0.1, -0.05) is 20.3 Å². The molecule has 0 aromatic carbocycles. The summed E-state index contributed by atoms with van der Waals surface area (Å²) in [4.78, 5) is 48.3. The minimum absolute atomic E-state index is 0.216. The number of hydrogen-bond donors (Lipinski definition) is 7. The highest BCUT2D eigenvalue weighted by atomic mass is 32.2. The molecule has 168 valence electrons. The summed E-state index contributed by atoms with van der Waals surface area (Å²) < 4.78 is 0. The normalized spacial score (nSPS) is 16.1. The van der Waals surface area contributed by atoms with Crippen molar-refractivity contribution in [2.45, 2.75) is 50.9 Å². The van der Waals surface area contributed by atoms with E-state index >= 15 is 0 Å². The molecule has 0 aliphatic rings. The van der Waals surface area contributed by atoms with Crippen LogP contribution in [0, 0.1) is 5.92 Å². The molecular formula is C17H32N4O7S. The first-order valence-electron chi connectivity index (χ1n) is 9.22. The van der Waals surface area contributed by atoms with Crippen molar-refractivity contribution in [1.82, 2.24) is 16.0 Å². The first kappa shape index (κ1) is 27.1. The lowest BCUT2D eigenvalue weighted by molar-refractivity contribution is -0.143. The molecule has 3 amide bonds. The predicted octanol–water partition coefficient (Wildman–Crippen LogP) is -2.36. The maximum absolute atomic E-state index is 12.8. The molecule has 11 nitrogen and oxygen atoms in total. The van der Waals surface area contributed by atoms with Crippen LogP contribution in [0.15, 0.2) is 0 Å². The molecule has 12 heteroatoms. The SMILES string of the molecule is CCC(C)C(NC(=O)C(N)CO)C(=O)NC(CCSC)C(=O)NC(CO)C(=O)O. The Hall–Kier alpha value is -1.89. The molecule has 5 atom stereocenters. The van der Waals surface area contributed by atoms with Gasteiger partial charge in [-0.2, -0.15) is 11.8 Å². The number of amides is 3. The van der Waals surface area contributed by atoms with E-state index in [-0.39, 0.29) is 12.3 Å². The van der Waals surface area contributed by atoms with Crippen LogP contribution in [0.4, 0.5) is 0 Å². The summed E-state index contributed by atoms with van der Waals surface area (Å²) in [7, 11) is 0. The Morgan fingerprint density at radius 2 is 1.55 bits per heavy atom. The molecule has 0 radical (unpaired) electrons. The Labute approximate surface area is 174 Å². The zero-order valence-electron chi connectivity index (χ0n) is 16.9. The second-order valence-electron chi connectivity index (χ2n) is 6.59. The van der Waals surface area contributed by atoms with E-state index in [0.717, 1.165) is 0 Å². The topological polar surface area (TPSA) is 191 Å². The van der Waals surface area contributed by atoms with Crippen LogP contribution in [0.1, 0.15) is 26.7 Å². The summed E-state index contributed by atoms with van der Waals surface area (Å²) in [5.41, 5.74) is 5.48. The van der Waals surface area contributed by atoms with Gasteiger partial charge in [0, 0.05) is 0 Å². The minimum Gasteiger partial charge on any atom is -0.480 e. The zero-order chi connectivity index (χ0) is 22.6. The van der Waals surface area contributed by atoms with Crippen LogP contribution in [0.25, 0.3) is 0 Å². The van der Waals surface area contributed by atoms with Gasteiger partial charge < -0.3 is 37.0 Å². The Bertz CT molecular complexity index is 564. The van der Waals surface area contributed by atoms with Crippen LogP contribution < -0.4 is 21.7 Å². The number of hydrogen-bond acceptors (Lipinski definition) is 8. The summed E-state index contributed by atoms with van der Waals surface area (Å²) in [5, 5.41) is 34.3. The average molecular weight is 437 g/mol. The monoisotopic (exact) mass is 436 g/mol. The molecular weight excluding hydrogens is 404 g/mol. The van der Waals surface area contributed by atoms with Crippen LogP contribution in [-0.4, -0.2) is 88.4 Å². The molecule has 0 saturated heterocycles. The van der Waals surface area contributed by atoms with E-state index in [2.05, 4.69) is 16.0 Å². The highest BCUT2D eigenvalue weighted by molar-refractivity contribution is 7.98. The number of aliphatic hydroxyl groups is 2. The Kier molecular flexibility index (Phi) is 13.2. The van der Waals surface area contributed by atoms with Crippen LogP contribution in [0.5, 0.6) is 0 Å². The van der Waals surface area contributed by atoms with Gasteiger partial charge in [0.15, 0.2) is 0 Å². The van der Waals surface area contributed by atoms with Crippen LogP contribution in [0.2, 0.25) is 0 Å². The van der Waals surface area contributed by atoms with E-state index in [4.69, 9.17) is 21.1 Å². The van der Waals surface area contributed by atoms with E-state index in [0.29, 0.717) is 12.2 Å². The van der Waals surface area contributed by atoms with E-state index in [9.17, 15) is 19.2 Å². The number of carbonyl (C=O) groups is 4. The van der Waals surface area contributed by atoms with Crippen LogP contribution in [-0.2, 0) is 19.2 Å². The van der Waals surface area contributed by atoms with Gasteiger partial charge in [0.05, 0.1) is 13.2 Å². The third kappa shape index (κ3) is 9.43. The van der Waals surface area contributed by atoms with Gasteiger partial charge in [0.25, 0.3) is 0 Å². The molecule has 5 unspecified atom stereocenters. The fourth-order valence-electron chi connectivity index (χ4n) is 2.27. The first-order valence-corrected chi connectivity index (χ1v) is 10.6. The number of carbonyl (C=O) groups excluding carboxylic acids is 3. The van der Waals surface area contributed by atoms with Crippen molar-refractivity contribution in [3.63, 3.8) is 0 Å². The Morgan fingerprint density at radius 1 is 0.966 bits per heavy atom. The molecule has 0 bridgehead atoms. The molecule has 29 heavy (non-hydrogen) atoms. The van der Waals surface area contributed by atoms with Crippen molar-refractivity contribution >= 4 is 35.5 Å². The summed E-state index contributed by atoms with van der Waals surface area (Å²) in [6.45, 7) is 2.17. The summed E-state index contributed by atoms with van der Waals surface area (Å²) >= 11 is 1.43. The van der Waals surface area contributed by atoms with Gasteiger partial charge in [0.2, 0.25) is 17.7 Å².